The topological polar surface area (TPSA) is 78.9 Å². The Labute approximate surface area is 124 Å². The largest absolute Gasteiger partial charge is 0.382 e. The number of hydrogen-bond acceptors (Lipinski definition) is 5. The number of amidine groups is 1. The van der Waals surface area contributed by atoms with Crippen molar-refractivity contribution >= 4 is 39.1 Å². The third kappa shape index (κ3) is 3.51. The van der Waals surface area contributed by atoms with Gasteiger partial charge in [0.25, 0.3) is 0 Å². The molecule has 100 valence electrons. The molecule has 0 saturated heterocycles. The first-order valence-corrected chi connectivity index (χ1v) is 7.27. The zero-order chi connectivity index (χ0) is 14.0. The highest BCUT2D eigenvalue weighted by Gasteiger charge is 2.10. The number of aromatic nitrogens is 2. The van der Waals surface area contributed by atoms with Gasteiger partial charge in [-0.3, -0.25) is 5.41 Å². The van der Waals surface area contributed by atoms with Crippen LogP contribution in [-0.2, 0) is 6.54 Å². The summed E-state index contributed by atoms with van der Waals surface area (Å²) < 4.78 is 1.08. The minimum absolute atomic E-state index is 0.0426. The van der Waals surface area contributed by atoms with Gasteiger partial charge in [0.2, 0.25) is 5.95 Å². The minimum Gasteiger partial charge on any atom is -0.382 e. The molecule has 0 atom stereocenters. The number of aryl methyl sites for hydroxylation is 1. The molecule has 0 aliphatic heterocycles. The Balaban J connectivity index is 2.23. The van der Waals surface area contributed by atoms with Crippen LogP contribution in [0.15, 0.2) is 22.0 Å². The lowest BCUT2D eigenvalue weighted by molar-refractivity contribution is 0.867. The van der Waals surface area contributed by atoms with Crippen LogP contribution in [0.5, 0.6) is 0 Å². The van der Waals surface area contributed by atoms with E-state index in [1.165, 1.54) is 4.88 Å². The van der Waals surface area contributed by atoms with Crippen molar-refractivity contribution < 1.29 is 0 Å². The van der Waals surface area contributed by atoms with Crippen molar-refractivity contribution in [2.24, 2.45) is 5.73 Å². The maximum Gasteiger partial charge on any atom is 0.226 e. The van der Waals surface area contributed by atoms with Crippen LogP contribution in [0.4, 0.5) is 5.95 Å². The van der Waals surface area contributed by atoms with Crippen LogP contribution in [0.3, 0.4) is 0 Å². The third-order valence-electron chi connectivity index (χ3n) is 2.47. The molecule has 0 spiro atoms. The number of nitrogens with two attached hydrogens (primary N) is 1. The molecule has 5 nitrogen and oxygen atoms in total. The van der Waals surface area contributed by atoms with E-state index in [4.69, 9.17) is 11.1 Å². The Kier molecular flexibility index (Phi) is 4.16. The van der Waals surface area contributed by atoms with Crippen LogP contribution in [-0.4, -0.2) is 22.9 Å². The van der Waals surface area contributed by atoms with Crippen molar-refractivity contribution in [1.82, 2.24) is 9.97 Å². The van der Waals surface area contributed by atoms with Crippen molar-refractivity contribution in [2.45, 2.75) is 13.5 Å². The molecule has 0 saturated carbocycles. The molecule has 19 heavy (non-hydrogen) atoms. The van der Waals surface area contributed by atoms with E-state index in [-0.39, 0.29) is 5.84 Å². The van der Waals surface area contributed by atoms with Gasteiger partial charge in [-0.25, -0.2) is 9.97 Å². The van der Waals surface area contributed by atoms with Gasteiger partial charge in [0.15, 0.2) is 0 Å². The van der Waals surface area contributed by atoms with E-state index in [9.17, 15) is 0 Å². The summed E-state index contributed by atoms with van der Waals surface area (Å²) in [6.45, 7) is 2.59. The summed E-state index contributed by atoms with van der Waals surface area (Å²) in [7, 11) is 1.92. The minimum atomic E-state index is -0.0426. The van der Waals surface area contributed by atoms with Gasteiger partial charge in [0.1, 0.15) is 11.5 Å². The summed E-state index contributed by atoms with van der Waals surface area (Å²) >= 11 is 5.11. The van der Waals surface area contributed by atoms with E-state index < -0.39 is 0 Å². The van der Waals surface area contributed by atoms with Crippen molar-refractivity contribution in [3.8, 4) is 0 Å². The summed E-state index contributed by atoms with van der Waals surface area (Å²) in [6, 6.07) is 3.78. The molecule has 0 fully saturated rings. The smallest absolute Gasteiger partial charge is 0.226 e. The van der Waals surface area contributed by atoms with Crippen LogP contribution in [0.1, 0.15) is 16.3 Å². The molecule has 0 radical (unpaired) electrons. The van der Waals surface area contributed by atoms with Gasteiger partial charge in [0.05, 0.1) is 6.54 Å². The molecule has 0 unspecified atom stereocenters. The standard InChI is InChI=1S/C12H14BrN5S/c1-7-3-10(11(14)15)17-12(16-7)18(2)5-9-4-8(13)6-19-9/h3-4,6H,5H2,1-2H3,(H3,14,15). The van der Waals surface area contributed by atoms with Crippen LogP contribution < -0.4 is 10.6 Å². The lowest BCUT2D eigenvalue weighted by atomic mass is 10.3. The van der Waals surface area contributed by atoms with Gasteiger partial charge < -0.3 is 10.6 Å². The third-order valence-corrected chi connectivity index (χ3v) is 4.16. The Hall–Kier alpha value is -1.47. The average molecular weight is 340 g/mol. The summed E-state index contributed by atoms with van der Waals surface area (Å²) in [6.07, 6.45) is 0. The second kappa shape index (κ2) is 5.66. The quantitative estimate of drug-likeness (QED) is 0.662. The highest BCUT2D eigenvalue weighted by molar-refractivity contribution is 9.10. The Bertz CT molecular complexity index is 610. The fourth-order valence-corrected chi connectivity index (χ4v) is 3.11. The van der Waals surface area contributed by atoms with Crippen LogP contribution in [0.25, 0.3) is 0 Å². The maximum atomic E-state index is 7.46. The van der Waals surface area contributed by atoms with E-state index in [1.54, 1.807) is 17.4 Å². The van der Waals surface area contributed by atoms with Crippen molar-refractivity contribution in [3.05, 3.63) is 38.3 Å². The lowest BCUT2D eigenvalue weighted by Crippen LogP contribution is -2.22. The van der Waals surface area contributed by atoms with Gasteiger partial charge >= 0.3 is 0 Å². The maximum absolute atomic E-state index is 7.46. The first-order chi connectivity index (χ1) is 8.95. The molecule has 0 bridgehead atoms. The van der Waals surface area contributed by atoms with Gasteiger partial charge in [-0.1, -0.05) is 0 Å². The van der Waals surface area contributed by atoms with E-state index >= 15 is 0 Å². The van der Waals surface area contributed by atoms with Gasteiger partial charge in [-0.15, -0.1) is 11.3 Å². The molecule has 2 aromatic heterocycles. The summed E-state index contributed by atoms with van der Waals surface area (Å²) in [5.41, 5.74) is 6.74. The van der Waals surface area contributed by atoms with Gasteiger partial charge in [-0.05, 0) is 35.0 Å². The second-order valence-corrected chi connectivity index (χ2v) is 6.11. The molecule has 2 aromatic rings. The first-order valence-electron chi connectivity index (χ1n) is 5.60. The van der Waals surface area contributed by atoms with E-state index in [2.05, 4.69) is 32.0 Å². The number of hydrogen-bond donors (Lipinski definition) is 2. The molecule has 0 aliphatic carbocycles. The molecule has 0 amide bonds. The predicted molar refractivity (Wildman–Crippen MR) is 81.9 cm³/mol. The number of anilines is 1. The summed E-state index contributed by atoms with van der Waals surface area (Å²) in [5, 5.41) is 9.50. The Morgan fingerprint density at radius 3 is 2.79 bits per heavy atom. The zero-order valence-electron chi connectivity index (χ0n) is 10.6. The zero-order valence-corrected chi connectivity index (χ0v) is 13.0. The Morgan fingerprint density at radius 1 is 1.47 bits per heavy atom. The fraction of sp³-hybridized carbons (Fsp3) is 0.250. The van der Waals surface area contributed by atoms with Crippen molar-refractivity contribution in [2.75, 3.05) is 11.9 Å². The fourth-order valence-electron chi connectivity index (χ4n) is 1.60. The van der Waals surface area contributed by atoms with Crippen LogP contribution in [0, 0.1) is 12.3 Å². The van der Waals surface area contributed by atoms with E-state index in [0.717, 1.165) is 16.7 Å². The SMILES string of the molecule is Cc1cc(C(=N)N)nc(N(C)Cc2cc(Br)cs2)n1. The highest BCUT2D eigenvalue weighted by Crippen LogP contribution is 2.22. The predicted octanol–water partition coefficient (Wildman–Crippen LogP) is 2.53. The molecular weight excluding hydrogens is 326 g/mol. The second-order valence-electron chi connectivity index (χ2n) is 4.20. The molecule has 3 N–H and O–H groups in total. The number of nitrogens with one attached hydrogen (secondary N) is 1. The van der Waals surface area contributed by atoms with Gasteiger partial charge in [0, 0.05) is 27.5 Å². The van der Waals surface area contributed by atoms with Crippen molar-refractivity contribution in [3.63, 3.8) is 0 Å². The van der Waals surface area contributed by atoms with E-state index in [1.807, 2.05) is 24.3 Å². The van der Waals surface area contributed by atoms with E-state index in [0.29, 0.717) is 11.6 Å². The summed E-state index contributed by atoms with van der Waals surface area (Å²) in [4.78, 5) is 11.8. The molecule has 2 rings (SSSR count). The monoisotopic (exact) mass is 339 g/mol. The lowest BCUT2D eigenvalue weighted by Gasteiger charge is -2.17. The normalized spacial score (nSPS) is 10.5. The summed E-state index contributed by atoms with van der Waals surface area (Å²) in [5.74, 6) is 0.536. The number of rotatable bonds is 4. The molecule has 2 heterocycles. The molecular formula is C12H14BrN5S. The number of halogens is 1. The molecule has 7 heteroatoms. The average Bonchev–Trinajstić information content (AvgIpc) is 2.73. The molecule has 0 aromatic carbocycles. The van der Waals surface area contributed by atoms with Crippen LogP contribution in [0.2, 0.25) is 0 Å². The first kappa shape index (κ1) is 14.0. The van der Waals surface area contributed by atoms with Crippen molar-refractivity contribution in [1.29, 1.82) is 5.41 Å². The number of nitrogens with zero attached hydrogens (tertiary/aromatic N) is 3. The van der Waals surface area contributed by atoms with Gasteiger partial charge in [-0.2, -0.15) is 0 Å². The molecule has 0 aliphatic rings. The Morgan fingerprint density at radius 2 is 2.21 bits per heavy atom. The number of nitrogen functional groups attached to an aromatic ring is 1. The van der Waals surface area contributed by atoms with Crippen LogP contribution >= 0.6 is 27.3 Å². The number of thiophene rings is 1. The highest BCUT2D eigenvalue weighted by atomic mass is 79.9.